The van der Waals surface area contributed by atoms with Gasteiger partial charge in [0, 0.05) is 0 Å². The number of esters is 1. The molecule has 0 aromatic heterocycles. The number of nitrogens with one attached hydrogen (secondary N) is 1. The highest BCUT2D eigenvalue weighted by Crippen LogP contribution is 1.95. The summed E-state index contributed by atoms with van der Waals surface area (Å²) in [5.74, 6) is -0.257. The number of hydrogen-bond acceptors (Lipinski definition) is 4. The second kappa shape index (κ2) is 4.49. The number of hydrogen-bond donors (Lipinski definition) is 1. The van der Waals surface area contributed by atoms with Crippen LogP contribution in [0.2, 0.25) is 0 Å². The van der Waals surface area contributed by atoms with Gasteiger partial charge in [0.05, 0.1) is 20.4 Å². The molecule has 0 saturated carbocycles. The smallest absolute Gasteiger partial charge is 0.325 e. The van der Waals surface area contributed by atoms with Gasteiger partial charge in [-0.2, -0.15) is 0 Å². The van der Waals surface area contributed by atoms with Gasteiger partial charge in [-0.25, -0.2) is 0 Å². The topological polar surface area (TPSA) is 47.6 Å². The second-order valence-corrected chi connectivity index (χ2v) is 1.79. The van der Waals surface area contributed by atoms with Crippen LogP contribution >= 0.6 is 12.4 Å². The zero-order chi connectivity index (χ0) is 6.69. The van der Waals surface area contributed by atoms with Crippen molar-refractivity contribution in [3.05, 3.63) is 0 Å². The third-order valence-corrected chi connectivity index (χ3v) is 1.20. The minimum atomic E-state index is -0.257. The standard InChI is InChI=1S/C5H9NO3.ClH/c1-8-5(7)4-2-9-3-6-4;/h4,6H,2-3H2,1H3;1H. The molecule has 1 N–H and O–H groups in total. The van der Waals surface area contributed by atoms with Crippen LogP contribution in [0.25, 0.3) is 0 Å². The number of carbonyl (C=O) groups is 1. The van der Waals surface area contributed by atoms with Gasteiger partial charge in [-0.1, -0.05) is 0 Å². The van der Waals surface area contributed by atoms with Gasteiger partial charge in [0.25, 0.3) is 0 Å². The Morgan fingerprint density at radius 2 is 2.50 bits per heavy atom. The lowest BCUT2D eigenvalue weighted by Gasteiger charge is -2.02. The molecule has 1 unspecified atom stereocenters. The van der Waals surface area contributed by atoms with Crippen molar-refractivity contribution in [2.45, 2.75) is 6.04 Å². The molecule has 1 atom stereocenters. The van der Waals surface area contributed by atoms with E-state index in [2.05, 4.69) is 10.1 Å². The summed E-state index contributed by atoms with van der Waals surface area (Å²) in [5.41, 5.74) is 0. The van der Waals surface area contributed by atoms with Gasteiger partial charge in [-0.3, -0.25) is 10.1 Å². The Balaban J connectivity index is 0.000000810. The minimum Gasteiger partial charge on any atom is -0.468 e. The Bertz CT molecular complexity index is 113. The van der Waals surface area contributed by atoms with Crippen molar-refractivity contribution < 1.29 is 14.3 Å². The average Bonchev–Trinajstić information content (AvgIpc) is 2.37. The van der Waals surface area contributed by atoms with E-state index < -0.39 is 0 Å². The highest BCUT2D eigenvalue weighted by molar-refractivity contribution is 5.85. The predicted molar refractivity (Wildman–Crippen MR) is 37.0 cm³/mol. The molecule has 10 heavy (non-hydrogen) atoms. The molecule has 0 spiro atoms. The Morgan fingerprint density at radius 3 is 2.90 bits per heavy atom. The van der Waals surface area contributed by atoms with Crippen LogP contribution < -0.4 is 5.32 Å². The molecule has 1 saturated heterocycles. The number of ether oxygens (including phenoxy) is 2. The van der Waals surface area contributed by atoms with Crippen LogP contribution in [0.3, 0.4) is 0 Å². The molecule has 60 valence electrons. The maximum atomic E-state index is 10.6. The van der Waals surface area contributed by atoms with Gasteiger partial charge >= 0.3 is 5.97 Å². The summed E-state index contributed by atoms with van der Waals surface area (Å²) >= 11 is 0. The first-order valence-corrected chi connectivity index (χ1v) is 2.73. The molecular weight excluding hydrogens is 158 g/mol. The van der Waals surface area contributed by atoms with E-state index in [-0.39, 0.29) is 24.4 Å². The maximum absolute atomic E-state index is 10.6. The third-order valence-electron chi connectivity index (χ3n) is 1.20. The molecule has 4 nitrogen and oxygen atoms in total. The highest BCUT2D eigenvalue weighted by atomic mass is 35.5. The first-order chi connectivity index (χ1) is 4.34. The first kappa shape index (κ1) is 9.68. The van der Waals surface area contributed by atoms with Crippen molar-refractivity contribution in [2.75, 3.05) is 20.4 Å². The van der Waals surface area contributed by atoms with Crippen LogP contribution in [0.5, 0.6) is 0 Å². The van der Waals surface area contributed by atoms with Crippen molar-refractivity contribution in [1.82, 2.24) is 5.32 Å². The Labute approximate surface area is 65.3 Å². The van der Waals surface area contributed by atoms with Gasteiger partial charge in [0.15, 0.2) is 0 Å². The zero-order valence-electron chi connectivity index (χ0n) is 5.62. The molecule has 0 aliphatic carbocycles. The number of halogens is 1. The number of methoxy groups -OCH3 is 1. The van der Waals surface area contributed by atoms with E-state index in [0.717, 1.165) is 0 Å². The number of rotatable bonds is 1. The summed E-state index contributed by atoms with van der Waals surface area (Å²) in [4.78, 5) is 10.6. The molecule has 0 bridgehead atoms. The lowest BCUT2D eigenvalue weighted by molar-refractivity contribution is -0.142. The van der Waals surface area contributed by atoms with E-state index in [0.29, 0.717) is 13.3 Å². The summed E-state index contributed by atoms with van der Waals surface area (Å²) in [6.07, 6.45) is 0. The van der Waals surface area contributed by atoms with Gasteiger partial charge in [-0.15, -0.1) is 12.4 Å². The summed E-state index contributed by atoms with van der Waals surface area (Å²) in [7, 11) is 1.36. The van der Waals surface area contributed by atoms with Crippen molar-refractivity contribution in [1.29, 1.82) is 0 Å². The molecule has 5 heteroatoms. The third kappa shape index (κ3) is 2.13. The first-order valence-electron chi connectivity index (χ1n) is 2.73. The SMILES string of the molecule is COC(=O)C1COCN1.Cl. The van der Waals surface area contributed by atoms with Crippen LogP contribution in [0.4, 0.5) is 0 Å². The van der Waals surface area contributed by atoms with E-state index in [9.17, 15) is 4.79 Å². The Hall–Kier alpha value is -0.320. The monoisotopic (exact) mass is 167 g/mol. The quantitative estimate of drug-likeness (QED) is 0.537. The van der Waals surface area contributed by atoms with Crippen molar-refractivity contribution in [3.8, 4) is 0 Å². The van der Waals surface area contributed by atoms with E-state index in [1.54, 1.807) is 0 Å². The second-order valence-electron chi connectivity index (χ2n) is 1.79. The molecule has 0 radical (unpaired) electrons. The summed E-state index contributed by atoms with van der Waals surface area (Å²) in [6.45, 7) is 0.867. The molecule has 1 aliphatic heterocycles. The molecule has 0 aromatic rings. The summed E-state index contributed by atoms with van der Waals surface area (Å²) in [5, 5.41) is 2.81. The molecule has 0 amide bonds. The van der Waals surface area contributed by atoms with Crippen LogP contribution in [0.1, 0.15) is 0 Å². The Kier molecular flexibility index (Phi) is 4.34. The fraction of sp³-hybridized carbons (Fsp3) is 0.800. The van der Waals surface area contributed by atoms with Crippen LogP contribution in [-0.2, 0) is 14.3 Å². The largest absolute Gasteiger partial charge is 0.468 e. The predicted octanol–water partition coefficient (Wildman–Crippen LogP) is -0.473. The van der Waals surface area contributed by atoms with Gasteiger partial charge in [0.1, 0.15) is 6.04 Å². The van der Waals surface area contributed by atoms with Crippen LogP contribution in [0, 0.1) is 0 Å². The van der Waals surface area contributed by atoms with E-state index in [1.165, 1.54) is 7.11 Å². The van der Waals surface area contributed by atoms with Gasteiger partial charge in [0.2, 0.25) is 0 Å². The van der Waals surface area contributed by atoms with Crippen molar-refractivity contribution in [2.24, 2.45) is 0 Å². The fourth-order valence-corrected chi connectivity index (χ4v) is 0.689. The van der Waals surface area contributed by atoms with E-state index in [1.807, 2.05) is 0 Å². The normalized spacial score (nSPS) is 23.5. The molecule has 1 aliphatic rings. The lowest BCUT2D eigenvalue weighted by Crippen LogP contribution is -2.33. The highest BCUT2D eigenvalue weighted by Gasteiger charge is 2.22. The summed E-state index contributed by atoms with van der Waals surface area (Å²) < 4.78 is 9.32. The van der Waals surface area contributed by atoms with Crippen molar-refractivity contribution >= 4 is 18.4 Å². The van der Waals surface area contributed by atoms with Crippen molar-refractivity contribution in [3.63, 3.8) is 0 Å². The van der Waals surface area contributed by atoms with Crippen LogP contribution in [-0.4, -0.2) is 32.5 Å². The van der Waals surface area contributed by atoms with Gasteiger partial charge in [-0.05, 0) is 0 Å². The van der Waals surface area contributed by atoms with E-state index in [4.69, 9.17) is 4.74 Å². The molecule has 0 aromatic carbocycles. The van der Waals surface area contributed by atoms with Gasteiger partial charge < -0.3 is 9.47 Å². The summed E-state index contributed by atoms with van der Waals surface area (Å²) in [6, 6.07) is -0.255. The molecular formula is C5H10ClNO3. The number of carbonyl (C=O) groups excluding carboxylic acids is 1. The minimum absolute atomic E-state index is 0. The molecule has 1 fully saturated rings. The average molecular weight is 168 g/mol. The Morgan fingerprint density at radius 1 is 1.80 bits per heavy atom. The molecule has 1 rings (SSSR count). The maximum Gasteiger partial charge on any atom is 0.325 e. The molecule has 1 heterocycles. The lowest BCUT2D eigenvalue weighted by atomic mass is 10.3. The fourth-order valence-electron chi connectivity index (χ4n) is 0.689. The van der Waals surface area contributed by atoms with E-state index >= 15 is 0 Å². The zero-order valence-corrected chi connectivity index (χ0v) is 6.44. The van der Waals surface area contributed by atoms with Crippen LogP contribution in [0.15, 0.2) is 0 Å².